The Bertz CT molecular complexity index is 342. The Balaban J connectivity index is -0.000000321. The molecular weight excluding hydrogens is 274 g/mol. The van der Waals surface area contributed by atoms with Gasteiger partial charge in [0, 0.05) is 6.42 Å². The van der Waals surface area contributed by atoms with Crippen molar-refractivity contribution in [3.05, 3.63) is 0 Å². The minimum absolute atomic E-state index is 0. The maximum Gasteiger partial charge on any atom is 0.394 e. The lowest BCUT2D eigenvalue weighted by atomic mass is 10.2. The highest BCUT2D eigenvalue weighted by Gasteiger charge is 2.10. The largest absolute Gasteiger partial charge is 0.480 e. The lowest BCUT2D eigenvalue weighted by Crippen LogP contribution is -2.31. The maximum atomic E-state index is 10.2. The zero-order valence-corrected chi connectivity index (χ0v) is 10.3. The number of hydrogen-bond acceptors (Lipinski definition) is 6. The predicted molar refractivity (Wildman–Crippen MR) is 61.3 cm³/mol. The number of rotatable bonds is 5. The molecule has 0 fully saturated rings. The zero-order chi connectivity index (χ0) is 14.1. The van der Waals surface area contributed by atoms with Crippen LogP contribution in [-0.4, -0.2) is 52.6 Å². The van der Waals surface area contributed by atoms with Crippen LogP contribution in [0.1, 0.15) is 13.3 Å². The van der Waals surface area contributed by atoms with Crippen LogP contribution in [-0.2, 0) is 20.0 Å². The van der Waals surface area contributed by atoms with Crippen molar-refractivity contribution in [3.63, 3.8) is 0 Å². The first kappa shape index (κ1) is 21.8. The summed E-state index contributed by atoms with van der Waals surface area (Å²) in [5.74, 6) is -0.758. The molecule has 0 spiro atoms. The predicted octanol–water partition coefficient (Wildman–Crippen LogP) is -2.38. The fourth-order valence-corrected chi connectivity index (χ4v) is 0.451. The number of nitrogens with two attached hydrogens (primary N) is 2. The quantitative estimate of drug-likeness (QED) is 0.120. The van der Waals surface area contributed by atoms with Crippen molar-refractivity contribution in [2.75, 3.05) is 6.61 Å². The van der Waals surface area contributed by atoms with Crippen LogP contribution >= 0.6 is 0 Å². The average molecular weight is 291 g/mol. The van der Waals surface area contributed by atoms with Gasteiger partial charge in [-0.05, 0) is 6.92 Å². The van der Waals surface area contributed by atoms with Crippen molar-refractivity contribution in [3.8, 4) is 0 Å². The Labute approximate surface area is 103 Å². The number of aliphatic carboxylic acids is 1. The second kappa shape index (κ2) is 10.7. The van der Waals surface area contributed by atoms with E-state index >= 15 is 0 Å². The Hall–Kier alpha value is -1.47. The Morgan fingerprint density at radius 1 is 1.44 bits per heavy atom. The SMILES string of the molecule is CC(N)=NOCC[C@H](N)C(=O)O.O.O=S(=O)(O)O. The van der Waals surface area contributed by atoms with E-state index in [9.17, 15) is 4.79 Å². The minimum Gasteiger partial charge on any atom is -0.480 e. The number of amidine groups is 1. The molecule has 9 N–H and O–H groups in total. The third-order valence-corrected chi connectivity index (χ3v) is 1.05. The van der Waals surface area contributed by atoms with Crippen LogP contribution in [0.15, 0.2) is 5.16 Å². The molecule has 0 rings (SSSR count). The molecular formula is C6H17N3O8S. The van der Waals surface area contributed by atoms with E-state index in [1.807, 2.05) is 0 Å². The van der Waals surface area contributed by atoms with Gasteiger partial charge in [0.2, 0.25) is 0 Å². The molecule has 0 bridgehead atoms. The summed E-state index contributed by atoms with van der Waals surface area (Å²) in [7, 11) is -4.67. The Morgan fingerprint density at radius 2 is 1.83 bits per heavy atom. The fraction of sp³-hybridized carbons (Fsp3) is 0.667. The van der Waals surface area contributed by atoms with Gasteiger partial charge in [-0.25, -0.2) is 0 Å². The van der Waals surface area contributed by atoms with Gasteiger partial charge >= 0.3 is 16.4 Å². The summed E-state index contributed by atoms with van der Waals surface area (Å²) < 4.78 is 31.6. The van der Waals surface area contributed by atoms with Crippen molar-refractivity contribution in [2.24, 2.45) is 16.6 Å². The number of oxime groups is 1. The van der Waals surface area contributed by atoms with E-state index in [4.69, 9.17) is 34.1 Å². The topological polar surface area (TPSA) is 217 Å². The highest BCUT2D eigenvalue weighted by Crippen LogP contribution is 1.89. The van der Waals surface area contributed by atoms with E-state index in [1.54, 1.807) is 6.92 Å². The number of carboxylic acids is 1. The molecule has 0 aliphatic carbocycles. The molecule has 12 heteroatoms. The standard InChI is InChI=1S/C6H13N3O3.H2O4S.H2O/c1-4(7)9-12-3-2-5(8)6(10)11;1-5(2,3)4;/h5H,2-3,8H2,1H3,(H2,7,9)(H,10,11);(H2,1,2,3,4);1H2/t5-;;/m0../s1. The smallest absolute Gasteiger partial charge is 0.394 e. The summed E-state index contributed by atoms with van der Waals surface area (Å²) in [6.07, 6.45) is 0.214. The first-order valence-corrected chi connectivity index (χ1v) is 5.54. The molecule has 110 valence electrons. The lowest BCUT2D eigenvalue weighted by molar-refractivity contribution is -0.139. The van der Waals surface area contributed by atoms with Crippen LogP contribution in [0.25, 0.3) is 0 Å². The lowest BCUT2D eigenvalue weighted by Gasteiger charge is -2.03. The van der Waals surface area contributed by atoms with E-state index in [2.05, 4.69) is 9.99 Å². The molecule has 0 aromatic heterocycles. The number of carbonyl (C=O) groups is 1. The highest BCUT2D eigenvalue weighted by atomic mass is 32.3. The van der Waals surface area contributed by atoms with E-state index < -0.39 is 22.4 Å². The van der Waals surface area contributed by atoms with Gasteiger partial charge in [-0.2, -0.15) is 8.42 Å². The average Bonchev–Trinajstić information content (AvgIpc) is 2.08. The van der Waals surface area contributed by atoms with Crippen LogP contribution in [0, 0.1) is 0 Å². The number of nitrogens with zero attached hydrogens (tertiary/aromatic N) is 1. The molecule has 0 aliphatic rings. The number of carboxylic acid groups (broad SMARTS) is 1. The first-order chi connectivity index (χ1) is 7.54. The van der Waals surface area contributed by atoms with Gasteiger partial charge in [0.15, 0.2) is 0 Å². The molecule has 0 radical (unpaired) electrons. The molecule has 0 amide bonds. The van der Waals surface area contributed by atoms with Crippen molar-refractivity contribution in [1.29, 1.82) is 0 Å². The molecule has 11 nitrogen and oxygen atoms in total. The third kappa shape index (κ3) is 29.3. The van der Waals surface area contributed by atoms with E-state index in [-0.39, 0.29) is 18.5 Å². The summed E-state index contributed by atoms with van der Waals surface area (Å²) in [6.45, 7) is 1.72. The monoisotopic (exact) mass is 291 g/mol. The van der Waals surface area contributed by atoms with E-state index in [1.165, 1.54) is 0 Å². The van der Waals surface area contributed by atoms with Crippen molar-refractivity contribution >= 4 is 22.2 Å². The summed E-state index contributed by atoms with van der Waals surface area (Å²) >= 11 is 0. The van der Waals surface area contributed by atoms with Crippen LogP contribution in [0.3, 0.4) is 0 Å². The van der Waals surface area contributed by atoms with Gasteiger partial charge < -0.3 is 26.9 Å². The minimum atomic E-state index is -4.67. The molecule has 0 aromatic rings. The van der Waals surface area contributed by atoms with Crippen LogP contribution in [0.2, 0.25) is 0 Å². The van der Waals surface area contributed by atoms with Crippen molar-refractivity contribution in [2.45, 2.75) is 19.4 Å². The Kier molecular flexibility index (Phi) is 12.9. The zero-order valence-electron chi connectivity index (χ0n) is 9.48. The molecule has 0 unspecified atom stereocenters. The third-order valence-electron chi connectivity index (χ3n) is 1.05. The van der Waals surface area contributed by atoms with Crippen molar-refractivity contribution < 1.29 is 37.7 Å². The van der Waals surface area contributed by atoms with Gasteiger partial charge in [-0.3, -0.25) is 13.9 Å². The highest BCUT2D eigenvalue weighted by molar-refractivity contribution is 7.79. The summed E-state index contributed by atoms with van der Waals surface area (Å²) in [5, 5.41) is 11.8. The molecule has 0 aromatic carbocycles. The van der Waals surface area contributed by atoms with E-state index in [0.717, 1.165) is 0 Å². The van der Waals surface area contributed by atoms with Crippen LogP contribution < -0.4 is 11.5 Å². The van der Waals surface area contributed by atoms with Gasteiger partial charge in [0.1, 0.15) is 18.5 Å². The van der Waals surface area contributed by atoms with E-state index in [0.29, 0.717) is 5.84 Å². The van der Waals surface area contributed by atoms with Gasteiger partial charge in [0.25, 0.3) is 0 Å². The Morgan fingerprint density at radius 3 is 2.11 bits per heavy atom. The molecule has 0 saturated carbocycles. The number of hydrogen-bond donors (Lipinski definition) is 5. The van der Waals surface area contributed by atoms with Gasteiger partial charge in [-0.15, -0.1) is 0 Å². The second-order valence-electron chi connectivity index (χ2n) is 2.75. The molecule has 0 heterocycles. The van der Waals surface area contributed by atoms with Gasteiger partial charge in [0.05, 0.1) is 0 Å². The molecule has 0 aliphatic heterocycles. The van der Waals surface area contributed by atoms with Crippen LogP contribution in [0.5, 0.6) is 0 Å². The summed E-state index contributed by atoms with van der Waals surface area (Å²) in [5.41, 5.74) is 10.3. The fourth-order valence-electron chi connectivity index (χ4n) is 0.451. The summed E-state index contributed by atoms with van der Waals surface area (Å²) in [6, 6.07) is -0.904. The molecule has 0 saturated heterocycles. The van der Waals surface area contributed by atoms with Crippen molar-refractivity contribution in [1.82, 2.24) is 0 Å². The summed E-state index contributed by atoms with van der Waals surface area (Å²) in [4.78, 5) is 14.8. The maximum absolute atomic E-state index is 10.2. The molecule has 1 atom stereocenters. The second-order valence-corrected chi connectivity index (χ2v) is 3.64. The van der Waals surface area contributed by atoms with Gasteiger partial charge in [-0.1, -0.05) is 5.16 Å². The molecule has 18 heavy (non-hydrogen) atoms. The normalized spacial score (nSPS) is 12.6. The first-order valence-electron chi connectivity index (χ1n) is 4.14. The van der Waals surface area contributed by atoms with Crippen LogP contribution in [0.4, 0.5) is 0 Å².